The van der Waals surface area contributed by atoms with Gasteiger partial charge in [0.25, 0.3) is 0 Å². The molecule has 1 atom stereocenters. The molecule has 2 heterocycles. The van der Waals surface area contributed by atoms with Gasteiger partial charge < -0.3 is 9.47 Å². The molecule has 0 spiro atoms. The number of allylic oxidation sites excluding steroid dienone is 1. The number of hydrogen-bond donors (Lipinski definition) is 0. The van der Waals surface area contributed by atoms with Crippen molar-refractivity contribution >= 4 is 23.9 Å². The van der Waals surface area contributed by atoms with Gasteiger partial charge in [0.15, 0.2) is 0 Å². The number of esters is 4. The largest absolute Gasteiger partial charge is 0.386 e. The van der Waals surface area contributed by atoms with E-state index in [1.54, 1.807) is 0 Å². The number of cyclic esters (lactones) is 4. The number of carbonyl (C=O) groups excluding carboxylic acids is 4. The van der Waals surface area contributed by atoms with Crippen LogP contribution in [-0.2, 0) is 28.7 Å². The van der Waals surface area contributed by atoms with Crippen LogP contribution in [0.4, 0.5) is 0 Å². The van der Waals surface area contributed by atoms with Gasteiger partial charge in [-0.1, -0.05) is 45.6 Å². The summed E-state index contributed by atoms with van der Waals surface area (Å²) in [7, 11) is 0. The summed E-state index contributed by atoms with van der Waals surface area (Å²) in [5, 5.41) is 0. The zero-order valence-corrected chi connectivity index (χ0v) is 15.8. The second-order valence-electron chi connectivity index (χ2n) is 7.19. The fraction of sp³-hybridized carbons (Fsp3) is 0.524. The molecule has 0 saturated carbocycles. The normalized spacial score (nSPS) is 24.1. The Morgan fingerprint density at radius 3 is 2.26 bits per heavy atom. The van der Waals surface area contributed by atoms with Crippen LogP contribution in [0.25, 0.3) is 0 Å². The smallest absolute Gasteiger partial charge is 0.346 e. The lowest BCUT2D eigenvalue weighted by Gasteiger charge is -2.20. The van der Waals surface area contributed by atoms with E-state index in [1.807, 2.05) is 13.0 Å². The Bertz CT molecular complexity index is 795. The molecule has 0 aromatic rings. The molecule has 2 aliphatic heterocycles. The van der Waals surface area contributed by atoms with E-state index in [2.05, 4.69) is 6.92 Å². The predicted molar refractivity (Wildman–Crippen MR) is 96.1 cm³/mol. The Morgan fingerprint density at radius 1 is 0.889 bits per heavy atom. The molecule has 0 fully saturated rings. The van der Waals surface area contributed by atoms with Crippen molar-refractivity contribution in [3.05, 3.63) is 33.9 Å². The van der Waals surface area contributed by atoms with Crippen LogP contribution in [0.15, 0.2) is 33.9 Å². The van der Waals surface area contributed by atoms with Crippen LogP contribution in [0, 0.1) is 5.92 Å². The molecule has 144 valence electrons. The minimum atomic E-state index is -0.659. The van der Waals surface area contributed by atoms with E-state index in [0.29, 0.717) is 28.7 Å². The Labute approximate surface area is 158 Å². The zero-order valence-electron chi connectivity index (χ0n) is 15.8. The van der Waals surface area contributed by atoms with Gasteiger partial charge in [-0.25, -0.2) is 19.2 Å². The van der Waals surface area contributed by atoms with Gasteiger partial charge in [0.05, 0.1) is 22.3 Å². The van der Waals surface area contributed by atoms with Crippen molar-refractivity contribution < 1.29 is 28.7 Å². The molecule has 3 aliphatic rings. The molecule has 0 bridgehead atoms. The highest BCUT2D eigenvalue weighted by Crippen LogP contribution is 2.42. The van der Waals surface area contributed by atoms with E-state index in [0.717, 1.165) is 32.1 Å². The molecule has 0 radical (unpaired) electrons. The molecule has 0 saturated heterocycles. The van der Waals surface area contributed by atoms with Gasteiger partial charge in [0, 0.05) is 6.42 Å². The average molecular weight is 372 g/mol. The minimum Gasteiger partial charge on any atom is -0.386 e. The second kappa shape index (κ2) is 8.03. The fourth-order valence-corrected chi connectivity index (χ4v) is 3.93. The first-order chi connectivity index (χ1) is 13.0. The van der Waals surface area contributed by atoms with Gasteiger partial charge in [0.1, 0.15) is 0 Å². The number of unbranched alkanes of at least 4 members (excludes halogenated alkanes) is 3. The fourth-order valence-electron chi connectivity index (χ4n) is 3.93. The third kappa shape index (κ3) is 3.66. The summed E-state index contributed by atoms with van der Waals surface area (Å²) < 4.78 is 9.75. The highest BCUT2D eigenvalue weighted by molar-refractivity contribution is 6.17. The third-order valence-corrected chi connectivity index (χ3v) is 5.32. The third-order valence-electron chi connectivity index (χ3n) is 5.32. The van der Waals surface area contributed by atoms with Crippen LogP contribution in [0.1, 0.15) is 65.2 Å². The topological polar surface area (TPSA) is 86.7 Å². The molecule has 6 nitrogen and oxygen atoms in total. The van der Waals surface area contributed by atoms with Gasteiger partial charge in [-0.05, 0) is 30.8 Å². The van der Waals surface area contributed by atoms with Crippen molar-refractivity contribution in [3.8, 4) is 0 Å². The lowest BCUT2D eigenvalue weighted by atomic mass is 9.79. The summed E-state index contributed by atoms with van der Waals surface area (Å²) in [5.41, 5.74) is 1.87. The van der Waals surface area contributed by atoms with Crippen molar-refractivity contribution in [2.75, 3.05) is 0 Å². The highest BCUT2D eigenvalue weighted by Gasteiger charge is 2.44. The standard InChI is InChI=1S/C21H24O6/c1-3-5-7-9-13-11-15-16(20(24)26-19(15)23)12(8-6-4-2)10-14-17(13)21(25)27-18(14)22/h9,12H,3-8,10-11H2,1-2H3. The minimum absolute atomic E-state index is 0.119. The maximum atomic E-state index is 12.3. The molecular formula is C21H24O6. The van der Waals surface area contributed by atoms with Crippen molar-refractivity contribution in [1.82, 2.24) is 0 Å². The van der Waals surface area contributed by atoms with E-state index < -0.39 is 23.9 Å². The number of carbonyl (C=O) groups is 4. The molecule has 0 aromatic carbocycles. The number of ether oxygens (including phenoxy) is 2. The SMILES string of the molecule is CCCCC=C1CC2=C(C(=O)OC2=O)C(CCCC)CC2=C1C(=O)OC2=O. The highest BCUT2D eigenvalue weighted by atomic mass is 16.6. The molecule has 27 heavy (non-hydrogen) atoms. The van der Waals surface area contributed by atoms with E-state index >= 15 is 0 Å². The second-order valence-corrected chi connectivity index (χ2v) is 7.19. The average Bonchev–Trinajstić information content (AvgIpc) is 3.03. The van der Waals surface area contributed by atoms with Crippen molar-refractivity contribution in [3.63, 3.8) is 0 Å². The molecule has 6 heteroatoms. The predicted octanol–water partition coefficient (Wildman–Crippen LogP) is 3.46. The first-order valence-electron chi connectivity index (χ1n) is 9.66. The first kappa shape index (κ1) is 19.3. The Morgan fingerprint density at radius 2 is 1.56 bits per heavy atom. The Balaban J connectivity index is 2.09. The lowest BCUT2D eigenvalue weighted by molar-refractivity contribution is -0.153. The van der Waals surface area contributed by atoms with Crippen LogP contribution in [0.2, 0.25) is 0 Å². The van der Waals surface area contributed by atoms with Gasteiger partial charge >= 0.3 is 23.9 Å². The molecule has 1 unspecified atom stereocenters. The van der Waals surface area contributed by atoms with Gasteiger partial charge in [-0.3, -0.25) is 0 Å². The van der Waals surface area contributed by atoms with Crippen molar-refractivity contribution in [1.29, 1.82) is 0 Å². The maximum Gasteiger partial charge on any atom is 0.346 e. The van der Waals surface area contributed by atoms with E-state index in [1.165, 1.54) is 0 Å². The van der Waals surface area contributed by atoms with Crippen LogP contribution in [0.5, 0.6) is 0 Å². The van der Waals surface area contributed by atoms with Crippen LogP contribution >= 0.6 is 0 Å². The van der Waals surface area contributed by atoms with E-state index in [-0.39, 0.29) is 24.3 Å². The Hall–Kier alpha value is -2.50. The maximum absolute atomic E-state index is 12.3. The molecular weight excluding hydrogens is 348 g/mol. The lowest BCUT2D eigenvalue weighted by Crippen LogP contribution is -2.17. The summed E-state index contributed by atoms with van der Waals surface area (Å²) in [6.45, 7) is 4.09. The van der Waals surface area contributed by atoms with Crippen LogP contribution in [-0.4, -0.2) is 23.9 Å². The first-order valence-corrected chi connectivity index (χ1v) is 9.66. The zero-order chi connectivity index (χ0) is 19.6. The molecule has 0 aromatic heterocycles. The van der Waals surface area contributed by atoms with Crippen LogP contribution < -0.4 is 0 Å². The number of hydrogen-bond acceptors (Lipinski definition) is 6. The molecule has 0 N–H and O–H groups in total. The molecule has 1 aliphatic carbocycles. The summed E-state index contributed by atoms with van der Waals surface area (Å²) in [5.74, 6) is -2.88. The van der Waals surface area contributed by atoms with Crippen molar-refractivity contribution in [2.24, 2.45) is 5.92 Å². The Kier molecular flexibility index (Phi) is 5.73. The van der Waals surface area contributed by atoms with Crippen LogP contribution in [0.3, 0.4) is 0 Å². The summed E-state index contributed by atoms with van der Waals surface area (Å²) >= 11 is 0. The summed E-state index contributed by atoms with van der Waals surface area (Å²) in [6.07, 6.45) is 7.23. The monoisotopic (exact) mass is 372 g/mol. The van der Waals surface area contributed by atoms with Gasteiger partial charge in [-0.2, -0.15) is 0 Å². The molecule has 3 rings (SSSR count). The summed E-state index contributed by atoms with van der Waals surface area (Å²) in [6, 6.07) is 0. The quantitative estimate of drug-likeness (QED) is 0.403. The van der Waals surface area contributed by atoms with E-state index in [9.17, 15) is 19.2 Å². The van der Waals surface area contributed by atoms with E-state index in [4.69, 9.17) is 9.47 Å². The number of rotatable bonds is 6. The molecule has 0 amide bonds. The van der Waals surface area contributed by atoms with Gasteiger partial charge in [0.2, 0.25) is 0 Å². The summed E-state index contributed by atoms with van der Waals surface area (Å²) in [4.78, 5) is 49.3. The van der Waals surface area contributed by atoms with Crippen molar-refractivity contribution in [2.45, 2.75) is 65.2 Å². The van der Waals surface area contributed by atoms with Gasteiger partial charge in [-0.15, -0.1) is 0 Å².